The number of hydrogen-bond acceptors (Lipinski definition) is 3. The van der Waals surface area contributed by atoms with Crippen LogP contribution in [0.2, 0.25) is 0 Å². The summed E-state index contributed by atoms with van der Waals surface area (Å²) in [4.78, 5) is 16.2. The van der Waals surface area contributed by atoms with E-state index in [4.69, 9.17) is 0 Å². The van der Waals surface area contributed by atoms with Gasteiger partial charge in [0.15, 0.2) is 0 Å². The molecule has 128 valence electrons. The quantitative estimate of drug-likeness (QED) is 0.834. The minimum absolute atomic E-state index is 0.0698. The number of nitrogens with zero attached hydrogens (tertiary/aromatic N) is 3. The zero-order valence-corrected chi connectivity index (χ0v) is 14.3. The Hall–Kier alpha value is -2.19. The van der Waals surface area contributed by atoms with Crippen LogP contribution in [0, 0.1) is 23.1 Å². The second-order valence-electron chi connectivity index (χ2n) is 6.40. The number of carbonyl (C=O) groups excluding carboxylic acids is 1. The molecule has 0 saturated carbocycles. The highest BCUT2D eigenvalue weighted by atomic mass is 19.1. The fourth-order valence-electron chi connectivity index (χ4n) is 2.94. The standard InChI is InChI=1S/C19H24FN3O/c1-15(2)18(14-21)22-9-11-23(12-10-22)19(24)8-4-6-16-5-3-7-17(20)13-16/h3-7,13,15,18H,8-12H2,1-2H3/b6-4+. The van der Waals surface area contributed by atoms with Crippen molar-refractivity contribution in [1.82, 2.24) is 9.80 Å². The molecule has 4 nitrogen and oxygen atoms in total. The Morgan fingerprint density at radius 3 is 2.62 bits per heavy atom. The smallest absolute Gasteiger partial charge is 0.226 e. The van der Waals surface area contributed by atoms with Crippen LogP contribution in [-0.2, 0) is 4.79 Å². The van der Waals surface area contributed by atoms with E-state index >= 15 is 0 Å². The van der Waals surface area contributed by atoms with Crippen molar-refractivity contribution >= 4 is 12.0 Å². The van der Waals surface area contributed by atoms with Crippen LogP contribution in [-0.4, -0.2) is 47.9 Å². The molecule has 0 bridgehead atoms. The topological polar surface area (TPSA) is 47.3 Å². The molecule has 1 aliphatic rings. The van der Waals surface area contributed by atoms with Crippen LogP contribution >= 0.6 is 0 Å². The van der Waals surface area contributed by atoms with E-state index < -0.39 is 0 Å². The third kappa shape index (κ3) is 4.90. The fourth-order valence-corrected chi connectivity index (χ4v) is 2.94. The Morgan fingerprint density at radius 1 is 1.33 bits per heavy atom. The van der Waals surface area contributed by atoms with Crippen LogP contribution in [0.5, 0.6) is 0 Å². The van der Waals surface area contributed by atoms with Crippen LogP contribution in [0.25, 0.3) is 6.08 Å². The van der Waals surface area contributed by atoms with E-state index in [1.165, 1.54) is 12.1 Å². The first-order valence-electron chi connectivity index (χ1n) is 8.35. The predicted molar refractivity (Wildman–Crippen MR) is 92.4 cm³/mol. The second-order valence-corrected chi connectivity index (χ2v) is 6.40. The number of halogens is 1. The molecule has 0 aliphatic carbocycles. The average Bonchev–Trinajstić information content (AvgIpc) is 2.56. The fraction of sp³-hybridized carbons (Fsp3) is 0.474. The summed E-state index contributed by atoms with van der Waals surface area (Å²) in [7, 11) is 0. The maximum absolute atomic E-state index is 13.1. The molecule has 5 heteroatoms. The predicted octanol–water partition coefficient (Wildman–Crippen LogP) is 2.92. The number of nitriles is 1. The summed E-state index contributed by atoms with van der Waals surface area (Å²) in [6.45, 7) is 6.85. The van der Waals surface area contributed by atoms with Gasteiger partial charge in [0.05, 0.1) is 6.07 Å². The number of carbonyl (C=O) groups is 1. The Labute approximate surface area is 143 Å². The summed E-state index contributed by atoms with van der Waals surface area (Å²) in [5.41, 5.74) is 0.751. The highest BCUT2D eigenvalue weighted by molar-refractivity contribution is 5.78. The molecule has 1 saturated heterocycles. The summed E-state index contributed by atoms with van der Waals surface area (Å²) in [5.74, 6) is 0.0728. The molecule has 1 amide bonds. The molecular formula is C19H24FN3O. The first-order valence-corrected chi connectivity index (χ1v) is 8.35. The molecule has 0 aromatic heterocycles. The molecule has 2 rings (SSSR count). The first kappa shape index (κ1) is 18.2. The van der Waals surface area contributed by atoms with Gasteiger partial charge >= 0.3 is 0 Å². The van der Waals surface area contributed by atoms with Crippen molar-refractivity contribution in [2.75, 3.05) is 26.2 Å². The van der Waals surface area contributed by atoms with Crippen molar-refractivity contribution in [2.45, 2.75) is 26.3 Å². The van der Waals surface area contributed by atoms with Crippen molar-refractivity contribution in [1.29, 1.82) is 5.26 Å². The third-order valence-corrected chi connectivity index (χ3v) is 4.28. The lowest BCUT2D eigenvalue weighted by atomic mass is 10.0. The number of rotatable bonds is 5. The van der Waals surface area contributed by atoms with Crippen molar-refractivity contribution in [3.8, 4) is 6.07 Å². The largest absolute Gasteiger partial charge is 0.340 e. The molecular weight excluding hydrogens is 305 g/mol. The monoisotopic (exact) mass is 329 g/mol. The van der Waals surface area contributed by atoms with Gasteiger partial charge in [-0.2, -0.15) is 5.26 Å². The molecule has 1 aromatic rings. The summed E-state index contributed by atoms with van der Waals surface area (Å²) in [6, 6.07) is 8.55. The molecule has 0 radical (unpaired) electrons. The summed E-state index contributed by atoms with van der Waals surface area (Å²) < 4.78 is 13.1. The first-order chi connectivity index (χ1) is 11.5. The van der Waals surface area contributed by atoms with E-state index in [1.807, 2.05) is 18.7 Å². The van der Waals surface area contributed by atoms with Crippen molar-refractivity contribution in [3.63, 3.8) is 0 Å². The van der Waals surface area contributed by atoms with Crippen molar-refractivity contribution in [2.24, 2.45) is 5.92 Å². The van der Waals surface area contributed by atoms with Gasteiger partial charge in [-0.1, -0.05) is 38.1 Å². The van der Waals surface area contributed by atoms with E-state index in [1.54, 1.807) is 24.3 Å². The number of piperazine rings is 1. The van der Waals surface area contributed by atoms with Crippen molar-refractivity contribution < 1.29 is 9.18 Å². The molecule has 1 aromatic carbocycles. The van der Waals surface area contributed by atoms with Crippen LogP contribution < -0.4 is 0 Å². The minimum Gasteiger partial charge on any atom is -0.340 e. The van der Waals surface area contributed by atoms with Gasteiger partial charge in [-0.15, -0.1) is 0 Å². The van der Waals surface area contributed by atoms with E-state index in [2.05, 4.69) is 11.0 Å². The summed E-state index contributed by atoms with van der Waals surface area (Å²) in [6.07, 6.45) is 3.85. The Balaban J connectivity index is 1.82. The molecule has 0 N–H and O–H groups in total. The SMILES string of the molecule is CC(C)C(C#N)N1CCN(C(=O)C/C=C/c2cccc(F)c2)CC1. The highest BCUT2D eigenvalue weighted by Crippen LogP contribution is 2.14. The van der Waals surface area contributed by atoms with Gasteiger partial charge in [-0.3, -0.25) is 9.69 Å². The summed E-state index contributed by atoms with van der Waals surface area (Å²) in [5, 5.41) is 9.26. The average molecular weight is 329 g/mol. The number of benzene rings is 1. The lowest BCUT2D eigenvalue weighted by Crippen LogP contribution is -2.52. The Bertz CT molecular complexity index is 628. The number of hydrogen-bond donors (Lipinski definition) is 0. The molecule has 1 fully saturated rings. The van der Waals surface area contributed by atoms with Gasteiger partial charge in [0.25, 0.3) is 0 Å². The normalized spacial score (nSPS) is 17.2. The molecule has 1 heterocycles. The number of amides is 1. The van der Waals surface area contributed by atoms with Crippen LogP contribution in [0.4, 0.5) is 4.39 Å². The van der Waals surface area contributed by atoms with Crippen LogP contribution in [0.15, 0.2) is 30.3 Å². The molecule has 1 aliphatic heterocycles. The van der Waals surface area contributed by atoms with E-state index in [0.717, 1.165) is 18.7 Å². The summed E-state index contributed by atoms with van der Waals surface area (Å²) >= 11 is 0. The van der Waals surface area contributed by atoms with E-state index in [-0.39, 0.29) is 23.7 Å². The zero-order valence-electron chi connectivity index (χ0n) is 14.3. The van der Waals surface area contributed by atoms with E-state index in [9.17, 15) is 14.4 Å². The zero-order chi connectivity index (χ0) is 17.5. The van der Waals surface area contributed by atoms with E-state index in [0.29, 0.717) is 19.5 Å². The molecule has 1 atom stereocenters. The van der Waals surface area contributed by atoms with Crippen LogP contribution in [0.1, 0.15) is 25.8 Å². The van der Waals surface area contributed by atoms with Gasteiger partial charge in [0.1, 0.15) is 11.9 Å². The molecule has 0 spiro atoms. The minimum atomic E-state index is -0.281. The lowest BCUT2D eigenvalue weighted by Gasteiger charge is -2.38. The van der Waals surface area contributed by atoms with Gasteiger partial charge in [0.2, 0.25) is 5.91 Å². The van der Waals surface area contributed by atoms with Gasteiger partial charge in [-0.05, 0) is 23.6 Å². The Kier molecular flexibility index (Phi) is 6.51. The molecule has 1 unspecified atom stereocenters. The van der Waals surface area contributed by atoms with Gasteiger partial charge in [-0.25, -0.2) is 4.39 Å². The highest BCUT2D eigenvalue weighted by Gasteiger charge is 2.27. The Morgan fingerprint density at radius 2 is 2.04 bits per heavy atom. The van der Waals surface area contributed by atoms with Gasteiger partial charge < -0.3 is 4.90 Å². The van der Waals surface area contributed by atoms with Crippen LogP contribution in [0.3, 0.4) is 0 Å². The van der Waals surface area contributed by atoms with Gasteiger partial charge in [0, 0.05) is 32.6 Å². The molecule has 24 heavy (non-hydrogen) atoms. The third-order valence-electron chi connectivity index (χ3n) is 4.28. The lowest BCUT2D eigenvalue weighted by molar-refractivity contribution is -0.132. The maximum Gasteiger partial charge on any atom is 0.226 e. The van der Waals surface area contributed by atoms with Crippen molar-refractivity contribution in [3.05, 3.63) is 41.7 Å². The second kappa shape index (κ2) is 8.60. The maximum atomic E-state index is 13.1.